The molecule has 1 aromatic heterocycles. The van der Waals surface area contributed by atoms with Crippen LogP contribution in [-0.2, 0) is 6.54 Å². The van der Waals surface area contributed by atoms with E-state index in [4.69, 9.17) is 0 Å². The minimum absolute atomic E-state index is 0.0209. The van der Waals surface area contributed by atoms with Crippen LogP contribution in [0.5, 0.6) is 0 Å². The molecule has 5 heteroatoms. The standard InChI is InChI=1S/C9H12N4O/c1-7-4-12-8(5-11-7)6-13-3-2-10-9(13)14/h4-5H,2-3,6H2,1H3,(H,10,14). The summed E-state index contributed by atoms with van der Waals surface area (Å²) in [5.74, 6) is 0. The van der Waals surface area contributed by atoms with Crippen LogP contribution in [0.4, 0.5) is 4.79 Å². The van der Waals surface area contributed by atoms with Gasteiger partial charge in [-0.3, -0.25) is 9.97 Å². The quantitative estimate of drug-likeness (QED) is 0.733. The van der Waals surface area contributed by atoms with Gasteiger partial charge in [0.2, 0.25) is 0 Å². The Morgan fingerprint density at radius 2 is 2.36 bits per heavy atom. The summed E-state index contributed by atoms with van der Waals surface area (Å²) < 4.78 is 0. The van der Waals surface area contributed by atoms with Crippen molar-refractivity contribution in [3.8, 4) is 0 Å². The van der Waals surface area contributed by atoms with Gasteiger partial charge in [-0.15, -0.1) is 0 Å². The van der Waals surface area contributed by atoms with Crippen LogP contribution < -0.4 is 5.32 Å². The SMILES string of the molecule is Cc1cnc(CN2CCNC2=O)cn1. The lowest BCUT2D eigenvalue weighted by atomic mass is 10.4. The van der Waals surface area contributed by atoms with Crippen LogP contribution in [0.2, 0.25) is 0 Å². The third kappa shape index (κ3) is 1.81. The van der Waals surface area contributed by atoms with Crippen molar-refractivity contribution in [2.75, 3.05) is 13.1 Å². The average Bonchev–Trinajstić information content (AvgIpc) is 2.56. The number of nitrogens with zero attached hydrogens (tertiary/aromatic N) is 3. The summed E-state index contributed by atoms with van der Waals surface area (Å²) in [6, 6.07) is -0.0209. The Hall–Kier alpha value is -1.65. The number of hydrogen-bond acceptors (Lipinski definition) is 3. The molecule has 2 amide bonds. The highest BCUT2D eigenvalue weighted by molar-refractivity contribution is 5.76. The van der Waals surface area contributed by atoms with Crippen molar-refractivity contribution in [1.29, 1.82) is 0 Å². The predicted molar refractivity (Wildman–Crippen MR) is 50.6 cm³/mol. The molecule has 0 unspecified atom stereocenters. The van der Waals surface area contributed by atoms with Crippen molar-refractivity contribution in [3.63, 3.8) is 0 Å². The first-order valence-electron chi connectivity index (χ1n) is 4.56. The minimum Gasteiger partial charge on any atom is -0.336 e. The number of urea groups is 1. The van der Waals surface area contributed by atoms with Gasteiger partial charge in [-0.25, -0.2) is 4.79 Å². The number of aryl methyl sites for hydroxylation is 1. The van der Waals surface area contributed by atoms with E-state index in [2.05, 4.69) is 15.3 Å². The molecule has 0 bridgehead atoms. The number of hydrogen-bond donors (Lipinski definition) is 1. The molecule has 74 valence electrons. The first-order valence-corrected chi connectivity index (χ1v) is 4.56. The molecule has 1 aliphatic rings. The van der Waals surface area contributed by atoms with E-state index in [9.17, 15) is 4.79 Å². The molecule has 2 heterocycles. The van der Waals surface area contributed by atoms with Gasteiger partial charge in [0.05, 0.1) is 24.1 Å². The summed E-state index contributed by atoms with van der Waals surface area (Å²) in [4.78, 5) is 21.3. The maximum absolute atomic E-state index is 11.2. The Bertz CT molecular complexity index is 335. The van der Waals surface area contributed by atoms with E-state index >= 15 is 0 Å². The Labute approximate surface area is 82.2 Å². The van der Waals surface area contributed by atoms with E-state index in [1.807, 2.05) is 6.92 Å². The molecule has 0 saturated carbocycles. The van der Waals surface area contributed by atoms with Gasteiger partial charge in [0.25, 0.3) is 0 Å². The number of aromatic nitrogens is 2. The second-order valence-electron chi connectivity index (χ2n) is 3.30. The number of carbonyl (C=O) groups excluding carboxylic acids is 1. The van der Waals surface area contributed by atoms with Crippen LogP contribution in [0, 0.1) is 6.92 Å². The molecule has 0 aliphatic carbocycles. The third-order valence-electron chi connectivity index (χ3n) is 2.13. The Balaban J connectivity index is 2.03. The van der Waals surface area contributed by atoms with Gasteiger partial charge < -0.3 is 10.2 Å². The Kier molecular flexibility index (Phi) is 2.30. The molecule has 1 N–H and O–H groups in total. The fraction of sp³-hybridized carbons (Fsp3) is 0.444. The maximum atomic E-state index is 11.2. The molecule has 2 rings (SSSR count). The summed E-state index contributed by atoms with van der Waals surface area (Å²) >= 11 is 0. The lowest BCUT2D eigenvalue weighted by molar-refractivity contribution is 0.215. The van der Waals surface area contributed by atoms with E-state index in [0.717, 1.165) is 24.5 Å². The number of nitrogens with one attached hydrogen (secondary N) is 1. The first kappa shape index (κ1) is 8.93. The third-order valence-corrected chi connectivity index (χ3v) is 2.13. The van der Waals surface area contributed by atoms with Crippen molar-refractivity contribution >= 4 is 6.03 Å². The first-order chi connectivity index (χ1) is 6.75. The van der Waals surface area contributed by atoms with Gasteiger partial charge >= 0.3 is 6.03 Å². The molecule has 0 aromatic carbocycles. The maximum Gasteiger partial charge on any atom is 0.317 e. The summed E-state index contributed by atoms with van der Waals surface area (Å²) in [6.45, 7) is 3.89. The van der Waals surface area contributed by atoms with Gasteiger partial charge in [-0.1, -0.05) is 0 Å². The molecule has 5 nitrogen and oxygen atoms in total. The van der Waals surface area contributed by atoms with Gasteiger partial charge in [-0.05, 0) is 6.92 Å². The molecule has 14 heavy (non-hydrogen) atoms. The zero-order valence-electron chi connectivity index (χ0n) is 8.03. The van der Waals surface area contributed by atoms with Crippen molar-refractivity contribution < 1.29 is 4.79 Å². The number of amides is 2. The largest absolute Gasteiger partial charge is 0.336 e. The van der Waals surface area contributed by atoms with E-state index in [1.165, 1.54) is 0 Å². The highest BCUT2D eigenvalue weighted by Crippen LogP contribution is 2.03. The van der Waals surface area contributed by atoms with E-state index in [-0.39, 0.29) is 6.03 Å². The van der Waals surface area contributed by atoms with Crippen molar-refractivity contribution in [2.45, 2.75) is 13.5 Å². The summed E-state index contributed by atoms with van der Waals surface area (Å²) in [6.07, 6.45) is 3.42. The molecule has 0 radical (unpaired) electrons. The highest BCUT2D eigenvalue weighted by atomic mass is 16.2. The predicted octanol–water partition coefficient (Wildman–Crippen LogP) is 0.310. The lowest BCUT2D eigenvalue weighted by Crippen LogP contribution is -2.27. The molecule has 1 saturated heterocycles. The fourth-order valence-corrected chi connectivity index (χ4v) is 1.36. The zero-order valence-corrected chi connectivity index (χ0v) is 8.03. The van der Waals surface area contributed by atoms with Crippen molar-refractivity contribution in [2.24, 2.45) is 0 Å². The van der Waals surface area contributed by atoms with Crippen LogP contribution in [0.3, 0.4) is 0 Å². The number of carbonyl (C=O) groups is 1. The second-order valence-corrected chi connectivity index (χ2v) is 3.30. The van der Waals surface area contributed by atoms with Crippen LogP contribution >= 0.6 is 0 Å². The summed E-state index contributed by atoms with van der Waals surface area (Å²) in [5.41, 5.74) is 1.72. The molecule has 0 spiro atoms. The topological polar surface area (TPSA) is 58.1 Å². The van der Waals surface area contributed by atoms with Crippen LogP contribution in [0.25, 0.3) is 0 Å². The second kappa shape index (κ2) is 3.61. The summed E-state index contributed by atoms with van der Waals surface area (Å²) in [7, 11) is 0. The molecule has 1 fully saturated rings. The zero-order chi connectivity index (χ0) is 9.97. The molecular formula is C9H12N4O. The van der Waals surface area contributed by atoms with Crippen LogP contribution in [-0.4, -0.2) is 34.0 Å². The minimum atomic E-state index is -0.0209. The lowest BCUT2D eigenvalue weighted by Gasteiger charge is -2.12. The van der Waals surface area contributed by atoms with Crippen LogP contribution in [0.15, 0.2) is 12.4 Å². The van der Waals surface area contributed by atoms with E-state index < -0.39 is 0 Å². The van der Waals surface area contributed by atoms with Gasteiger partial charge in [-0.2, -0.15) is 0 Å². The normalized spacial score (nSPS) is 15.8. The Morgan fingerprint density at radius 1 is 1.50 bits per heavy atom. The molecule has 0 atom stereocenters. The van der Waals surface area contributed by atoms with Crippen molar-refractivity contribution in [1.82, 2.24) is 20.2 Å². The highest BCUT2D eigenvalue weighted by Gasteiger charge is 2.19. The molecule has 1 aromatic rings. The van der Waals surface area contributed by atoms with E-state index in [0.29, 0.717) is 6.54 Å². The summed E-state index contributed by atoms with van der Waals surface area (Å²) in [5, 5.41) is 2.74. The smallest absolute Gasteiger partial charge is 0.317 e. The van der Waals surface area contributed by atoms with Gasteiger partial charge in [0.15, 0.2) is 0 Å². The van der Waals surface area contributed by atoms with E-state index in [1.54, 1.807) is 17.3 Å². The average molecular weight is 192 g/mol. The Morgan fingerprint density at radius 3 is 2.93 bits per heavy atom. The molecule has 1 aliphatic heterocycles. The number of rotatable bonds is 2. The monoisotopic (exact) mass is 192 g/mol. The van der Waals surface area contributed by atoms with Crippen molar-refractivity contribution in [3.05, 3.63) is 23.8 Å². The van der Waals surface area contributed by atoms with Gasteiger partial charge in [0.1, 0.15) is 0 Å². The van der Waals surface area contributed by atoms with Gasteiger partial charge in [0, 0.05) is 19.3 Å². The molecular weight excluding hydrogens is 180 g/mol. The van der Waals surface area contributed by atoms with Crippen LogP contribution in [0.1, 0.15) is 11.4 Å². The fourth-order valence-electron chi connectivity index (χ4n) is 1.36.